The summed E-state index contributed by atoms with van der Waals surface area (Å²) < 4.78 is 0. The molecule has 2 aromatic carbocycles. The summed E-state index contributed by atoms with van der Waals surface area (Å²) in [5, 5.41) is 5.70. The molecule has 0 bridgehead atoms. The molecule has 0 aliphatic carbocycles. The van der Waals surface area contributed by atoms with Crippen LogP contribution in [0.5, 0.6) is 0 Å². The molecule has 0 spiro atoms. The first-order valence-corrected chi connectivity index (χ1v) is 5.44. The van der Waals surface area contributed by atoms with Crippen LogP contribution in [0.2, 0.25) is 0 Å². The van der Waals surface area contributed by atoms with Gasteiger partial charge in [-0.25, -0.2) is 9.97 Å². The second-order valence-corrected chi connectivity index (χ2v) is 3.78. The Bertz CT molecular complexity index is 635. The SMILES string of the molecule is c1ccc2cc(Nc3ccncn3)ccc2c1. The van der Waals surface area contributed by atoms with Gasteiger partial charge >= 0.3 is 0 Å². The van der Waals surface area contributed by atoms with E-state index in [2.05, 4.69) is 39.6 Å². The quantitative estimate of drug-likeness (QED) is 0.721. The Labute approximate surface area is 99.2 Å². The van der Waals surface area contributed by atoms with Crippen LogP contribution in [0.3, 0.4) is 0 Å². The summed E-state index contributed by atoms with van der Waals surface area (Å²) >= 11 is 0. The van der Waals surface area contributed by atoms with E-state index >= 15 is 0 Å². The fourth-order valence-electron chi connectivity index (χ4n) is 1.78. The van der Waals surface area contributed by atoms with E-state index < -0.39 is 0 Å². The van der Waals surface area contributed by atoms with Crippen LogP contribution >= 0.6 is 0 Å². The van der Waals surface area contributed by atoms with E-state index in [1.807, 2.05) is 24.3 Å². The summed E-state index contributed by atoms with van der Waals surface area (Å²) in [5.74, 6) is 0.801. The predicted molar refractivity (Wildman–Crippen MR) is 69.3 cm³/mol. The van der Waals surface area contributed by atoms with E-state index in [0.717, 1.165) is 11.5 Å². The zero-order valence-electron chi connectivity index (χ0n) is 9.17. The van der Waals surface area contributed by atoms with Crippen LogP contribution in [0, 0.1) is 0 Å². The van der Waals surface area contributed by atoms with Crippen LogP contribution in [0.1, 0.15) is 0 Å². The minimum absolute atomic E-state index is 0.801. The molecule has 0 atom stereocenters. The Kier molecular flexibility index (Phi) is 2.43. The molecule has 3 rings (SSSR count). The second-order valence-electron chi connectivity index (χ2n) is 3.78. The first-order chi connectivity index (χ1) is 8.42. The fraction of sp³-hybridized carbons (Fsp3) is 0. The van der Waals surface area contributed by atoms with Gasteiger partial charge in [-0.15, -0.1) is 0 Å². The maximum absolute atomic E-state index is 4.13. The minimum Gasteiger partial charge on any atom is -0.340 e. The maximum atomic E-state index is 4.13. The highest BCUT2D eigenvalue weighted by Gasteiger charge is 1.97. The molecule has 0 saturated carbocycles. The molecular formula is C14H11N3. The van der Waals surface area contributed by atoms with Crippen molar-refractivity contribution in [1.29, 1.82) is 0 Å². The Morgan fingerprint density at radius 3 is 2.59 bits per heavy atom. The van der Waals surface area contributed by atoms with Crippen molar-refractivity contribution < 1.29 is 0 Å². The summed E-state index contributed by atoms with van der Waals surface area (Å²) in [6.45, 7) is 0. The number of aromatic nitrogens is 2. The van der Waals surface area contributed by atoms with Gasteiger partial charge in [-0.2, -0.15) is 0 Å². The standard InChI is InChI=1S/C14H11N3/c1-2-4-12-9-13(6-5-11(12)3-1)17-14-7-8-15-10-16-14/h1-10H,(H,15,16,17). The third kappa shape index (κ3) is 2.08. The number of fused-ring (bicyclic) bond motifs is 1. The molecule has 0 amide bonds. The number of rotatable bonds is 2. The minimum atomic E-state index is 0.801. The summed E-state index contributed by atoms with van der Waals surface area (Å²) in [7, 11) is 0. The van der Waals surface area contributed by atoms with Gasteiger partial charge in [0.1, 0.15) is 12.1 Å². The molecule has 0 saturated heterocycles. The van der Waals surface area contributed by atoms with Gasteiger partial charge in [-0.1, -0.05) is 30.3 Å². The predicted octanol–water partition coefficient (Wildman–Crippen LogP) is 3.37. The Hall–Kier alpha value is -2.42. The summed E-state index contributed by atoms with van der Waals surface area (Å²) in [5.41, 5.74) is 1.03. The second kappa shape index (κ2) is 4.22. The highest BCUT2D eigenvalue weighted by Crippen LogP contribution is 2.20. The van der Waals surface area contributed by atoms with Crippen molar-refractivity contribution in [2.75, 3.05) is 5.32 Å². The van der Waals surface area contributed by atoms with Gasteiger partial charge in [0.05, 0.1) is 0 Å². The van der Waals surface area contributed by atoms with Gasteiger partial charge in [-0.3, -0.25) is 0 Å². The van der Waals surface area contributed by atoms with Crippen molar-refractivity contribution in [3.63, 3.8) is 0 Å². The molecule has 0 radical (unpaired) electrons. The third-order valence-corrected chi connectivity index (χ3v) is 2.60. The molecule has 1 N–H and O–H groups in total. The highest BCUT2D eigenvalue weighted by atomic mass is 15.0. The molecule has 82 valence electrons. The molecule has 1 aromatic heterocycles. The summed E-state index contributed by atoms with van der Waals surface area (Å²) in [6.07, 6.45) is 3.25. The lowest BCUT2D eigenvalue weighted by Gasteiger charge is -2.06. The van der Waals surface area contributed by atoms with Crippen LogP contribution in [0.4, 0.5) is 11.5 Å². The number of nitrogens with zero attached hydrogens (tertiary/aromatic N) is 2. The number of hydrogen-bond donors (Lipinski definition) is 1. The van der Waals surface area contributed by atoms with Gasteiger partial charge in [0.2, 0.25) is 0 Å². The number of hydrogen-bond acceptors (Lipinski definition) is 3. The summed E-state index contributed by atoms with van der Waals surface area (Å²) in [4.78, 5) is 8.02. The average Bonchev–Trinajstić information content (AvgIpc) is 2.40. The molecule has 17 heavy (non-hydrogen) atoms. The van der Waals surface area contributed by atoms with Gasteiger partial charge in [0, 0.05) is 11.9 Å². The van der Waals surface area contributed by atoms with Crippen LogP contribution in [0.25, 0.3) is 10.8 Å². The lowest BCUT2D eigenvalue weighted by Crippen LogP contribution is -1.92. The molecule has 0 fully saturated rings. The van der Waals surface area contributed by atoms with Crippen LogP contribution < -0.4 is 5.32 Å². The smallest absolute Gasteiger partial charge is 0.133 e. The number of benzene rings is 2. The van der Waals surface area contributed by atoms with Gasteiger partial charge < -0.3 is 5.32 Å². The molecule has 0 aliphatic heterocycles. The largest absolute Gasteiger partial charge is 0.340 e. The molecule has 0 aliphatic rings. The van der Waals surface area contributed by atoms with Crippen molar-refractivity contribution in [3.8, 4) is 0 Å². The highest BCUT2D eigenvalue weighted by molar-refractivity contribution is 5.86. The van der Waals surface area contributed by atoms with E-state index in [9.17, 15) is 0 Å². The topological polar surface area (TPSA) is 37.8 Å². The van der Waals surface area contributed by atoms with Crippen LogP contribution in [-0.4, -0.2) is 9.97 Å². The van der Waals surface area contributed by atoms with E-state index in [1.54, 1.807) is 6.20 Å². The van der Waals surface area contributed by atoms with E-state index in [4.69, 9.17) is 0 Å². The Balaban J connectivity index is 1.96. The Morgan fingerprint density at radius 1 is 0.882 bits per heavy atom. The van der Waals surface area contributed by atoms with Crippen molar-refractivity contribution in [3.05, 3.63) is 61.1 Å². The molecular weight excluding hydrogens is 210 g/mol. The lowest BCUT2D eigenvalue weighted by molar-refractivity contribution is 1.17. The van der Waals surface area contributed by atoms with Crippen molar-refractivity contribution in [2.24, 2.45) is 0 Å². The fourth-order valence-corrected chi connectivity index (χ4v) is 1.78. The first-order valence-electron chi connectivity index (χ1n) is 5.44. The van der Waals surface area contributed by atoms with Crippen molar-refractivity contribution in [1.82, 2.24) is 9.97 Å². The van der Waals surface area contributed by atoms with E-state index in [-0.39, 0.29) is 0 Å². The maximum Gasteiger partial charge on any atom is 0.133 e. The molecule has 3 heteroatoms. The van der Waals surface area contributed by atoms with E-state index in [0.29, 0.717) is 0 Å². The summed E-state index contributed by atoms with van der Waals surface area (Å²) in [6, 6.07) is 16.4. The van der Waals surface area contributed by atoms with Crippen molar-refractivity contribution in [2.45, 2.75) is 0 Å². The van der Waals surface area contributed by atoms with Crippen LogP contribution in [-0.2, 0) is 0 Å². The molecule has 3 nitrogen and oxygen atoms in total. The van der Waals surface area contributed by atoms with E-state index in [1.165, 1.54) is 17.1 Å². The Morgan fingerprint density at radius 2 is 1.76 bits per heavy atom. The normalized spacial score (nSPS) is 10.4. The third-order valence-electron chi connectivity index (χ3n) is 2.60. The van der Waals surface area contributed by atoms with Gasteiger partial charge in [0.25, 0.3) is 0 Å². The van der Waals surface area contributed by atoms with Crippen molar-refractivity contribution >= 4 is 22.3 Å². The monoisotopic (exact) mass is 221 g/mol. The first kappa shape index (κ1) is 9.78. The van der Waals surface area contributed by atoms with Crippen LogP contribution in [0.15, 0.2) is 61.1 Å². The molecule has 1 heterocycles. The van der Waals surface area contributed by atoms with Gasteiger partial charge in [-0.05, 0) is 29.0 Å². The van der Waals surface area contributed by atoms with Gasteiger partial charge in [0.15, 0.2) is 0 Å². The molecule has 0 unspecified atom stereocenters. The lowest BCUT2D eigenvalue weighted by atomic mass is 10.1. The number of nitrogens with one attached hydrogen (secondary N) is 1. The number of anilines is 2. The zero-order valence-corrected chi connectivity index (χ0v) is 9.17. The molecule has 3 aromatic rings. The zero-order chi connectivity index (χ0) is 11.5. The average molecular weight is 221 g/mol.